The van der Waals surface area contributed by atoms with Gasteiger partial charge in [0.25, 0.3) is 10.0 Å². The molecule has 2 aromatic carbocycles. The molecule has 0 saturated heterocycles. The number of carbonyl (C=O) groups is 1. The van der Waals surface area contributed by atoms with Gasteiger partial charge in [-0.25, -0.2) is 32.5 Å². The summed E-state index contributed by atoms with van der Waals surface area (Å²) >= 11 is 0. The zero-order valence-electron chi connectivity index (χ0n) is 21.4. The van der Waals surface area contributed by atoms with Gasteiger partial charge in [-0.05, 0) is 42.0 Å². The first-order valence-corrected chi connectivity index (χ1v) is 13.2. The predicted molar refractivity (Wildman–Crippen MR) is 140 cm³/mol. The number of ether oxygens (including phenoxy) is 2. The van der Waals surface area contributed by atoms with Crippen LogP contribution in [0.1, 0.15) is 13.3 Å². The Hall–Kier alpha value is -4.79. The van der Waals surface area contributed by atoms with Crippen molar-refractivity contribution in [3.63, 3.8) is 0 Å². The Morgan fingerprint density at radius 3 is 2.37 bits per heavy atom. The Bertz CT molecular complexity index is 1650. The minimum Gasteiger partial charge on any atom is -0.495 e. The van der Waals surface area contributed by atoms with Crippen molar-refractivity contribution in [1.82, 2.24) is 15.0 Å². The largest absolute Gasteiger partial charge is 0.573 e. The number of hydrogen-bond donors (Lipinski definition) is 1. The zero-order valence-corrected chi connectivity index (χ0v) is 22.2. The van der Waals surface area contributed by atoms with Crippen molar-refractivity contribution in [2.24, 2.45) is 0 Å². The minimum absolute atomic E-state index is 0.00765. The molecule has 0 aliphatic rings. The summed E-state index contributed by atoms with van der Waals surface area (Å²) in [5.74, 6) is -2.17. The Kier molecular flexibility index (Phi) is 8.37. The summed E-state index contributed by atoms with van der Waals surface area (Å²) in [4.78, 5) is 25.5. The Labute approximate surface area is 231 Å². The fourth-order valence-corrected chi connectivity index (χ4v) is 4.60. The zero-order chi connectivity index (χ0) is 29.8. The van der Waals surface area contributed by atoms with Gasteiger partial charge in [-0.1, -0.05) is 19.1 Å². The van der Waals surface area contributed by atoms with Crippen LogP contribution in [-0.4, -0.2) is 42.7 Å². The van der Waals surface area contributed by atoms with Gasteiger partial charge in [-0.3, -0.25) is 9.69 Å². The van der Waals surface area contributed by atoms with Crippen LogP contribution in [0.25, 0.3) is 11.1 Å². The second-order valence-corrected chi connectivity index (χ2v) is 9.87. The van der Waals surface area contributed by atoms with Crippen LogP contribution in [0.15, 0.2) is 78.1 Å². The van der Waals surface area contributed by atoms with Crippen LogP contribution in [0.4, 0.5) is 35.0 Å². The average Bonchev–Trinajstić information content (AvgIpc) is 2.93. The smallest absolute Gasteiger partial charge is 0.495 e. The number of pyridine rings is 1. The van der Waals surface area contributed by atoms with E-state index in [1.165, 1.54) is 55.9 Å². The lowest BCUT2D eigenvalue weighted by molar-refractivity contribution is -0.274. The number of alkyl halides is 3. The van der Waals surface area contributed by atoms with Crippen LogP contribution < -0.4 is 19.1 Å². The molecule has 0 bridgehead atoms. The van der Waals surface area contributed by atoms with Gasteiger partial charge in [0, 0.05) is 36.6 Å². The van der Waals surface area contributed by atoms with Crippen molar-refractivity contribution in [1.29, 1.82) is 0 Å². The molecule has 10 nitrogen and oxygen atoms in total. The molecule has 4 aromatic rings. The SMILES string of the molecule is CCC(=O)N(c1ccc(S(=O)(=O)Nc2ncccn2)cn1)c1cc(F)c(-c2cccc(OC(F)(F)F)c2)cc1OC. The van der Waals surface area contributed by atoms with Gasteiger partial charge in [0.1, 0.15) is 28.0 Å². The highest BCUT2D eigenvalue weighted by Crippen LogP contribution is 2.40. The molecule has 0 radical (unpaired) electrons. The van der Waals surface area contributed by atoms with E-state index in [0.29, 0.717) is 0 Å². The molecule has 0 unspecified atom stereocenters. The second kappa shape index (κ2) is 11.8. The number of nitrogens with zero attached hydrogens (tertiary/aromatic N) is 4. The first-order chi connectivity index (χ1) is 19.4. The molecule has 0 spiro atoms. The van der Waals surface area contributed by atoms with Crippen LogP contribution in [0, 0.1) is 5.82 Å². The summed E-state index contributed by atoms with van der Waals surface area (Å²) in [7, 11) is -2.86. The normalized spacial score (nSPS) is 11.6. The van der Waals surface area contributed by atoms with Gasteiger partial charge in [0.15, 0.2) is 0 Å². The fraction of sp³-hybridized carbons (Fsp3) is 0.154. The Morgan fingerprint density at radius 2 is 1.76 bits per heavy atom. The van der Waals surface area contributed by atoms with Crippen molar-refractivity contribution >= 4 is 33.4 Å². The third kappa shape index (κ3) is 6.87. The standard InChI is InChI=1S/C26H21F4N5O5S/c1-3-24(36)35(23-9-8-18(15-33-23)41(37,38)34-25-31-10-5-11-32-25)21-14-20(27)19(13-22(21)39-2)16-6-4-7-17(12-16)40-26(28,29)30/h4-15H,3H2,1-2H3,(H,31,32,34). The molecule has 41 heavy (non-hydrogen) atoms. The first-order valence-electron chi connectivity index (χ1n) is 11.7. The van der Waals surface area contributed by atoms with E-state index in [0.717, 1.165) is 29.3 Å². The maximum absolute atomic E-state index is 15.4. The van der Waals surface area contributed by atoms with E-state index in [-0.39, 0.29) is 45.6 Å². The lowest BCUT2D eigenvalue weighted by Gasteiger charge is -2.24. The summed E-state index contributed by atoms with van der Waals surface area (Å²) in [6.07, 6.45) is -1.28. The molecule has 0 fully saturated rings. The number of rotatable bonds is 9. The molecule has 2 aromatic heterocycles. The van der Waals surface area contributed by atoms with Gasteiger partial charge < -0.3 is 9.47 Å². The average molecular weight is 592 g/mol. The van der Waals surface area contributed by atoms with Crippen molar-refractivity contribution < 1.29 is 40.2 Å². The van der Waals surface area contributed by atoms with Crippen LogP contribution in [0.2, 0.25) is 0 Å². The number of anilines is 3. The highest BCUT2D eigenvalue weighted by atomic mass is 32.2. The molecule has 15 heteroatoms. The number of hydrogen-bond acceptors (Lipinski definition) is 8. The highest BCUT2D eigenvalue weighted by Gasteiger charge is 2.31. The maximum Gasteiger partial charge on any atom is 0.573 e. The second-order valence-electron chi connectivity index (χ2n) is 8.19. The van der Waals surface area contributed by atoms with Crippen molar-refractivity contribution in [3.8, 4) is 22.6 Å². The highest BCUT2D eigenvalue weighted by molar-refractivity contribution is 7.92. The van der Waals surface area contributed by atoms with Gasteiger partial charge in [-0.2, -0.15) is 0 Å². The van der Waals surface area contributed by atoms with Crippen LogP contribution in [0.5, 0.6) is 11.5 Å². The maximum atomic E-state index is 15.4. The third-order valence-corrected chi connectivity index (χ3v) is 6.80. The summed E-state index contributed by atoms with van der Waals surface area (Å²) in [6, 6.07) is 10.9. The summed E-state index contributed by atoms with van der Waals surface area (Å²) in [5, 5.41) is 0. The molecule has 0 atom stereocenters. The van der Waals surface area contributed by atoms with E-state index in [1.807, 2.05) is 0 Å². The van der Waals surface area contributed by atoms with Crippen molar-refractivity contribution in [2.45, 2.75) is 24.6 Å². The number of amides is 1. The van der Waals surface area contributed by atoms with Gasteiger partial charge in [-0.15, -0.1) is 13.2 Å². The Morgan fingerprint density at radius 1 is 1.02 bits per heavy atom. The third-order valence-electron chi connectivity index (χ3n) is 5.49. The molecule has 0 aliphatic heterocycles. The van der Waals surface area contributed by atoms with Crippen molar-refractivity contribution in [3.05, 3.63) is 79.0 Å². The Balaban J connectivity index is 1.71. The quantitative estimate of drug-likeness (QED) is 0.255. The molecule has 0 saturated carbocycles. The lowest BCUT2D eigenvalue weighted by atomic mass is 10.0. The number of carbonyl (C=O) groups excluding carboxylic acids is 1. The van der Waals surface area contributed by atoms with E-state index in [4.69, 9.17) is 4.74 Å². The minimum atomic E-state index is -4.94. The van der Waals surface area contributed by atoms with Crippen LogP contribution >= 0.6 is 0 Å². The topological polar surface area (TPSA) is 124 Å². The number of sulfonamides is 1. The van der Waals surface area contributed by atoms with E-state index in [9.17, 15) is 26.4 Å². The van der Waals surface area contributed by atoms with Crippen LogP contribution in [0.3, 0.4) is 0 Å². The molecular formula is C26H21F4N5O5S. The van der Waals surface area contributed by atoms with Crippen LogP contribution in [-0.2, 0) is 14.8 Å². The number of nitrogens with one attached hydrogen (secondary N) is 1. The molecule has 0 aliphatic carbocycles. The van der Waals surface area contributed by atoms with Gasteiger partial charge >= 0.3 is 6.36 Å². The number of aromatic nitrogens is 3. The number of benzene rings is 2. The summed E-state index contributed by atoms with van der Waals surface area (Å²) in [6.45, 7) is 1.56. The molecule has 1 N–H and O–H groups in total. The molecule has 1 amide bonds. The fourth-order valence-electron chi connectivity index (χ4n) is 3.70. The van der Waals surface area contributed by atoms with E-state index in [1.54, 1.807) is 6.92 Å². The molecule has 2 heterocycles. The van der Waals surface area contributed by atoms with E-state index < -0.39 is 33.9 Å². The van der Waals surface area contributed by atoms with Gasteiger partial charge in [0.05, 0.1) is 12.8 Å². The molecule has 214 valence electrons. The first kappa shape index (κ1) is 29.2. The van der Waals surface area contributed by atoms with Crippen molar-refractivity contribution in [2.75, 3.05) is 16.7 Å². The molecule has 4 rings (SSSR count). The molecular weight excluding hydrogens is 570 g/mol. The predicted octanol–water partition coefficient (Wildman–Crippen LogP) is 5.46. The number of methoxy groups -OCH3 is 1. The monoisotopic (exact) mass is 591 g/mol. The van der Waals surface area contributed by atoms with E-state index in [2.05, 4.69) is 24.4 Å². The van der Waals surface area contributed by atoms with E-state index >= 15 is 4.39 Å². The lowest BCUT2D eigenvalue weighted by Crippen LogP contribution is -2.26. The summed E-state index contributed by atoms with van der Waals surface area (Å²) in [5.41, 5.74) is -0.127. The number of halogens is 4. The van der Waals surface area contributed by atoms with Gasteiger partial charge in [0.2, 0.25) is 11.9 Å². The summed E-state index contributed by atoms with van der Waals surface area (Å²) < 4.78 is 90.4.